The van der Waals surface area contributed by atoms with Crippen molar-refractivity contribution in [1.82, 2.24) is 25.1 Å². The average Bonchev–Trinajstić information content (AvgIpc) is 3.11. The van der Waals surface area contributed by atoms with Crippen molar-refractivity contribution < 1.29 is 22.7 Å². The lowest BCUT2D eigenvalue weighted by Crippen LogP contribution is -2.55. The van der Waals surface area contributed by atoms with Crippen LogP contribution in [0.15, 0.2) is 24.5 Å². The largest absolute Gasteiger partial charge is 0.472 e. The summed E-state index contributed by atoms with van der Waals surface area (Å²) in [5.41, 5.74) is 1.06. The zero-order valence-electron chi connectivity index (χ0n) is 17.7. The summed E-state index contributed by atoms with van der Waals surface area (Å²) in [7, 11) is 0. The Morgan fingerprint density at radius 1 is 1.28 bits per heavy atom. The van der Waals surface area contributed by atoms with Gasteiger partial charge in [0.15, 0.2) is 18.1 Å². The highest BCUT2D eigenvalue weighted by Gasteiger charge is 2.34. The van der Waals surface area contributed by atoms with Crippen molar-refractivity contribution in [2.75, 3.05) is 18.1 Å². The Kier molecular flexibility index (Phi) is 6.02. The van der Waals surface area contributed by atoms with Crippen molar-refractivity contribution in [3.8, 4) is 11.6 Å². The first-order valence-corrected chi connectivity index (χ1v) is 11.2. The number of nitrogens with one attached hydrogen (secondary N) is 1. The standard InChI is InChI=1S/C21H22F3N5O2S/c1-11(2)18-13-4-12(20(30)27-21(3)9-32-10-21)6-26-19(13)29(28-18)15-5-17(25-7-14(15)22)31-8-16(23)24/h4-7,11,16H,8-10H2,1-3H3,(H,27,30). The van der Waals surface area contributed by atoms with Gasteiger partial charge in [0.2, 0.25) is 5.88 Å². The fourth-order valence-electron chi connectivity index (χ4n) is 3.37. The molecule has 1 aliphatic heterocycles. The van der Waals surface area contributed by atoms with Gasteiger partial charge >= 0.3 is 0 Å². The second kappa shape index (κ2) is 8.61. The number of carbonyl (C=O) groups excluding carboxylic acids is 1. The molecule has 1 aliphatic rings. The number of alkyl halides is 2. The summed E-state index contributed by atoms with van der Waals surface area (Å²) in [4.78, 5) is 20.8. The van der Waals surface area contributed by atoms with Crippen molar-refractivity contribution in [3.05, 3.63) is 41.6 Å². The third-order valence-corrected chi connectivity index (χ3v) is 6.69. The molecule has 0 unspecified atom stereocenters. The van der Waals surface area contributed by atoms with Crippen molar-refractivity contribution in [2.24, 2.45) is 0 Å². The maximum Gasteiger partial charge on any atom is 0.272 e. The molecule has 4 heterocycles. The second-order valence-corrected chi connectivity index (χ2v) is 9.22. The number of hydrogen-bond donors (Lipinski definition) is 1. The van der Waals surface area contributed by atoms with E-state index in [-0.39, 0.29) is 28.9 Å². The van der Waals surface area contributed by atoms with Gasteiger partial charge in [0, 0.05) is 29.2 Å². The number of hydrogen-bond acceptors (Lipinski definition) is 6. The minimum atomic E-state index is -2.68. The Balaban J connectivity index is 1.75. The molecule has 7 nitrogen and oxygen atoms in total. The van der Waals surface area contributed by atoms with Crippen LogP contribution in [0, 0.1) is 5.82 Å². The number of pyridine rings is 2. The van der Waals surface area contributed by atoms with Crippen LogP contribution in [0.1, 0.15) is 42.7 Å². The van der Waals surface area contributed by atoms with Gasteiger partial charge in [-0.2, -0.15) is 16.9 Å². The molecule has 4 rings (SSSR count). The molecule has 170 valence electrons. The summed E-state index contributed by atoms with van der Waals surface area (Å²) in [5.74, 6) is 0.551. The minimum absolute atomic E-state index is 0.0372. The molecule has 0 spiro atoms. The van der Waals surface area contributed by atoms with Gasteiger partial charge in [-0.15, -0.1) is 0 Å². The maximum atomic E-state index is 14.6. The number of aromatic nitrogens is 4. The van der Waals surface area contributed by atoms with Crippen molar-refractivity contribution >= 4 is 28.7 Å². The summed E-state index contributed by atoms with van der Waals surface area (Å²) in [6.45, 7) is 4.98. The van der Waals surface area contributed by atoms with Gasteiger partial charge in [0.1, 0.15) is 5.69 Å². The van der Waals surface area contributed by atoms with Crippen LogP contribution in [-0.4, -0.2) is 55.7 Å². The third-order valence-electron chi connectivity index (χ3n) is 5.01. The Morgan fingerprint density at radius 2 is 2.03 bits per heavy atom. The predicted molar refractivity (Wildman–Crippen MR) is 115 cm³/mol. The number of amides is 1. The fraction of sp³-hybridized carbons (Fsp3) is 0.429. The highest BCUT2D eigenvalue weighted by atomic mass is 32.2. The summed E-state index contributed by atoms with van der Waals surface area (Å²) in [5, 5.41) is 8.14. The van der Waals surface area contributed by atoms with Crippen molar-refractivity contribution in [1.29, 1.82) is 0 Å². The lowest BCUT2D eigenvalue weighted by molar-refractivity contribution is 0.0795. The first kappa shape index (κ1) is 22.4. The van der Waals surface area contributed by atoms with E-state index in [0.29, 0.717) is 22.3 Å². The van der Waals surface area contributed by atoms with E-state index in [0.717, 1.165) is 17.7 Å². The van der Waals surface area contributed by atoms with Crippen LogP contribution in [0.25, 0.3) is 16.7 Å². The number of thioether (sulfide) groups is 1. The van der Waals surface area contributed by atoms with E-state index in [1.165, 1.54) is 16.9 Å². The molecule has 0 saturated carbocycles. The summed E-state index contributed by atoms with van der Waals surface area (Å²) in [6.07, 6.45) is -0.379. The highest BCUT2D eigenvalue weighted by Crippen LogP contribution is 2.31. The molecule has 1 N–H and O–H groups in total. The van der Waals surface area contributed by atoms with Gasteiger partial charge in [-0.3, -0.25) is 4.79 Å². The lowest BCUT2D eigenvalue weighted by Gasteiger charge is -2.38. The summed E-state index contributed by atoms with van der Waals surface area (Å²) in [6, 6.07) is 2.89. The molecular formula is C21H22F3N5O2S. The van der Waals surface area contributed by atoms with Gasteiger partial charge in [0.05, 0.1) is 23.0 Å². The topological polar surface area (TPSA) is 81.9 Å². The monoisotopic (exact) mass is 465 g/mol. The van der Waals surface area contributed by atoms with Gasteiger partial charge in [-0.25, -0.2) is 27.8 Å². The van der Waals surface area contributed by atoms with Crippen LogP contribution >= 0.6 is 11.8 Å². The molecule has 32 heavy (non-hydrogen) atoms. The van der Waals surface area contributed by atoms with Crippen LogP contribution < -0.4 is 10.1 Å². The van der Waals surface area contributed by atoms with E-state index in [1.807, 2.05) is 20.8 Å². The first-order chi connectivity index (χ1) is 15.2. The second-order valence-electron chi connectivity index (χ2n) is 8.23. The SMILES string of the molecule is CC(C)c1nn(-c2cc(OCC(F)F)ncc2F)c2ncc(C(=O)NC3(C)CSC3)cc12. The maximum absolute atomic E-state index is 14.6. The van der Waals surface area contributed by atoms with Crippen LogP contribution in [0.4, 0.5) is 13.2 Å². The number of fused-ring (bicyclic) bond motifs is 1. The van der Waals surface area contributed by atoms with E-state index >= 15 is 0 Å². The molecule has 0 atom stereocenters. The number of halogens is 3. The Hall–Kier alpha value is -2.82. The summed E-state index contributed by atoms with van der Waals surface area (Å²) < 4.78 is 45.7. The molecule has 1 amide bonds. The molecular weight excluding hydrogens is 443 g/mol. The molecule has 0 aliphatic carbocycles. The molecule has 3 aromatic rings. The molecule has 1 saturated heterocycles. The smallest absolute Gasteiger partial charge is 0.272 e. The Labute approximate surface area is 186 Å². The van der Waals surface area contributed by atoms with Crippen molar-refractivity contribution in [2.45, 2.75) is 38.7 Å². The molecule has 0 aromatic carbocycles. The van der Waals surface area contributed by atoms with E-state index in [2.05, 4.69) is 20.4 Å². The van der Waals surface area contributed by atoms with E-state index in [1.54, 1.807) is 17.8 Å². The van der Waals surface area contributed by atoms with Gasteiger partial charge in [-0.05, 0) is 18.9 Å². The quantitative estimate of drug-likeness (QED) is 0.569. The minimum Gasteiger partial charge on any atom is -0.472 e. The fourth-order valence-corrected chi connectivity index (χ4v) is 4.33. The van der Waals surface area contributed by atoms with Gasteiger partial charge in [-0.1, -0.05) is 13.8 Å². The Morgan fingerprint density at radius 3 is 2.66 bits per heavy atom. The number of ether oxygens (including phenoxy) is 1. The van der Waals surface area contributed by atoms with Crippen LogP contribution in [0.5, 0.6) is 5.88 Å². The molecule has 3 aromatic heterocycles. The zero-order valence-corrected chi connectivity index (χ0v) is 18.5. The van der Waals surface area contributed by atoms with Crippen molar-refractivity contribution in [3.63, 3.8) is 0 Å². The summed E-state index contributed by atoms with van der Waals surface area (Å²) >= 11 is 1.76. The third kappa shape index (κ3) is 4.38. The van der Waals surface area contributed by atoms with E-state index in [4.69, 9.17) is 4.74 Å². The normalized spacial score (nSPS) is 15.2. The highest BCUT2D eigenvalue weighted by molar-refractivity contribution is 8.00. The number of nitrogens with zero attached hydrogens (tertiary/aromatic N) is 4. The van der Waals surface area contributed by atoms with Crippen LogP contribution in [0.3, 0.4) is 0 Å². The predicted octanol–water partition coefficient (Wildman–Crippen LogP) is 3.96. The van der Waals surface area contributed by atoms with E-state index in [9.17, 15) is 18.0 Å². The van der Waals surface area contributed by atoms with Crippen LogP contribution in [0.2, 0.25) is 0 Å². The molecule has 11 heteroatoms. The van der Waals surface area contributed by atoms with Gasteiger partial charge < -0.3 is 10.1 Å². The molecule has 1 fully saturated rings. The van der Waals surface area contributed by atoms with Gasteiger partial charge in [0.25, 0.3) is 12.3 Å². The zero-order chi connectivity index (χ0) is 23.0. The number of rotatable bonds is 7. The Bertz CT molecular complexity index is 1160. The molecule has 0 bridgehead atoms. The first-order valence-electron chi connectivity index (χ1n) is 10.0. The average molecular weight is 466 g/mol. The number of carbonyl (C=O) groups is 1. The van der Waals surface area contributed by atoms with Crippen LogP contribution in [-0.2, 0) is 0 Å². The van der Waals surface area contributed by atoms with E-state index < -0.39 is 18.8 Å². The molecule has 0 radical (unpaired) electrons. The lowest BCUT2D eigenvalue weighted by atomic mass is 10.0.